The van der Waals surface area contributed by atoms with E-state index in [1.54, 1.807) is 49.6 Å². The molecule has 0 unspecified atom stereocenters. The summed E-state index contributed by atoms with van der Waals surface area (Å²) in [6, 6.07) is 12.4. The molecule has 0 spiro atoms. The number of hydrogen-bond acceptors (Lipinski definition) is 8. The lowest BCUT2D eigenvalue weighted by Crippen LogP contribution is -2.44. The third-order valence-corrected chi connectivity index (χ3v) is 7.94. The zero-order chi connectivity index (χ0) is 33.5. The fraction of sp³-hybridized carbons (Fsp3) is 0.371. The quantitative estimate of drug-likeness (QED) is 0.224. The topological polar surface area (TPSA) is 152 Å². The summed E-state index contributed by atoms with van der Waals surface area (Å²) in [5, 5.41) is 18.6. The molecule has 0 aromatic heterocycles. The highest BCUT2D eigenvalue weighted by molar-refractivity contribution is 5.90. The van der Waals surface area contributed by atoms with Gasteiger partial charge in [0.05, 0.1) is 33.1 Å². The van der Waals surface area contributed by atoms with Gasteiger partial charge in [-0.05, 0) is 65.6 Å². The van der Waals surface area contributed by atoms with Crippen molar-refractivity contribution in [2.75, 3.05) is 26.6 Å². The average Bonchev–Trinajstić information content (AvgIpc) is 3.26. The lowest BCUT2D eigenvalue weighted by Gasteiger charge is -2.23. The van der Waals surface area contributed by atoms with E-state index >= 15 is 0 Å². The first-order valence-corrected chi connectivity index (χ1v) is 15.1. The van der Waals surface area contributed by atoms with Gasteiger partial charge in [-0.2, -0.15) is 0 Å². The van der Waals surface area contributed by atoms with Crippen LogP contribution in [-0.4, -0.2) is 50.3 Å². The lowest BCUT2D eigenvalue weighted by atomic mass is 9.95. The van der Waals surface area contributed by atoms with Gasteiger partial charge in [0.1, 0.15) is 6.04 Å². The number of aryl methyl sites for hydroxylation is 1. The van der Waals surface area contributed by atoms with Crippen molar-refractivity contribution in [2.24, 2.45) is 5.92 Å². The molecule has 46 heavy (non-hydrogen) atoms. The van der Waals surface area contributed by atoms with Crippen LogP contribution in [0.3, 0.4) is 0 Å². The summed E-state index contributed by atoms with van der Waals surface area (Å²) in [5.41, 5.74) is 2.98. The Morgan fingerprint density at radius 2 is 1.65 bits per heavy atom. The normalized spacial score (nSPS) is 14.9. The third kappa shape index (κ3) is 7.42. The third-order valence-electron chi connectivity index (χ3n) is 7.94. The first-order valence-electron chi connectivity index (χ1n) is 15.1. The monoisotopic (exact) mass is 631 g/mol. The number of amides is 2. The molecule has 3 aromatic carbocycles. The molecule has 0 radical (unpaired) electrons. The second-order valence-corrected chi connectivity index (χ2v) is 11.6. The SMILES string of the molecule is COc1cc2c(c(OC)c1OC)-c1ccc(N[C@H](CC(C)C)C(=O)N[C@@H](C(=O)O)c3ccccc3)c(=O)cc1[C@H](NC(C)=O)CC2. The standard InChI is InChI=1S/C35H41N3O8/c1-19(2)16-27(34(41)38-31(35(42)43)21-10-8-7-9-11-21)37-26-15-13-23-24(18-28(26)40)25(36-20(3)39)14-12-22-17-29(44-4)32(45-5)33(46-6)30(22)23/h7-11,13,15,17-19,25,27,31H,12,14,16H2,1-6H3,(H,36,39)(H,37,40)(H,38,41)(H,42,43)/t25-,27-,31-/m1/s1. The summed E-state index contributed by atoms with van der Waals surface area (Å²) < 4.78 is 17.1. The first-order chi connectivity index (χ1) is 22.0. The van der Waals surface area contributed by atoms with Gasteiger partial charge in [-0.15, -0.1) is 0 Å². The number of carboxylic acids is 1. The van der Waals surface area contributed by atoms with E-state index in [1.807, 2.05) is 19.9 Å². The predicted molar refractivity (Wildman–Crippen MR) is 175 cm³/mol. The minimum absolute atomic E-state index is 0.0373. The number of aliphatic carboxylic acids is 1. The fourth-order valence-electron chi connectivity index (χ4n) is 5.89. The molecule has 0 heterocycles. The van der Waals surface area contributed by atoms with E-state index in [2.05, 4.69) is 16.0 Å². The number of nitrogens with one attached hydrogen (secondary N) is 3. The van der Waals surface area contributed by atoms with E-state index < -0.39 is 35.4 Å². The Balaban J connectivity index is 1.83. The Bertz CT molecular complexity index is 1660. The van der Waals surface area contributed by atoms with Crippen molar-refractivity contribution < 1.29 is 33.7 Å². The van der Waals surface area contributed by atoms with Crippen LogP contribution in [0.4, 0.5) is 5.69 Å². The molecule has 11 nitrogen and oxygen atoms in total. The van der Waals surface area contributed by atoms with Gasteiger partial charge in [-0.3, -0.25) is 14.4 Å². The number of methoxy groups -OCH3 is 3. The van der Waals surface area contributed by atoms with Crippen molar-refractivity contribution >= 4 is 23.5 Å². The molecule has 0 fully saturated rings. The Morgan fingerprint density at radius 1 is 0.957 bits per heavy atom. The van der Waals surface area contributed by atoms with Gasteiger partial charge in [0, 0.05) is 12.5 Å². The fourth-order valence-corrected chi connectivity index (χ4v) is 5.89. The number of anilines is 1. The summed E-state index contributed by atoms with van der Waals surface area (Å²) in [6.07, 6.45) is 1.38. The number of benzene rings is 2. The molecule has 2 amide bonds. The van der Waals surface area contributed by atoms with Gasteiger partial charge in [-0.1, -0.05) is 50.2 Å². The molecule has 3 atom stereocenters. The van der Waals surface area contributed by atoms with Crippen LogP contribution in [0.2, 0.25) is 0 Å². The van der Waals surface area contributed by atoms with Crippen LogP contribution >= 0.6 is 0 Å². The van der Waals surface area contributed by atoms with Gasteiger partial charge in [0.15, 0.2) is 17.5 Å². The van der Waals surface area contributed by atoms with E-state index in [0.717, 1.165) is 5.56 Å². The van der Waals surface area contributed by atoms with Crippen LogP contribution < -0.4 is 35.6 Å². The minimum Gasteiger partial charge on any atom is -0.493 e. The zero-order valence-corrected chi connectivity index (χ0v) is 26.9. The number of hydrogen-bond donors (Lipinski definition) is 4. The number of rotatable bonds is 12. The Kier molecular flexibility index (Phi) is 10.9. The second-order valence-electron chi connectivity index (χ2n) is 11.6. The van der Waals surface area contributed by atoms with Crippen molar-refractivity contribution in [2.45, 2.75) is 58.2 Å². The Morgan fingerprint density at radius 3 is 2.24 bits per heavy atom. The van der Waals surface area contributed by atoms with Crippen LogP contribution in [0.15, 0.2) is 59.4 Å². The van der Waals surface area contributed by atoms with E-state index in [-0.39, 0.29) is 17.5 Å². The van der Waals surface area contributed by atoms with Crippen LogP contribution in [-0.2, 0) is 20.8 Å². The van der Waals surface area contributed by atoms with Crippen LogP contribution in [0.25, 0.3) is 11.1 Å². The van der Waals surface area contributed by atoms with Crippen LogP contribution in [0.5, 0.6) is 17.2 Å². The second kappa shape index (κ2) is 14.8. The highest BCUT2D eigenvalue weighted by Gasteiger charge is 2.31. The maximum Gasteiger partial charge on any atom is 0.330 e. The number of ether oxygens (including phenoxy) is 3. The average molecular weight is 632 g/mol. The Hall–Kier alpha value is -5.06. The number of carboxylic acid groups (broad SMARTS) is 1. The molecular formula is C35H41N3O8. The number of carbonyl (C=O) groups is 3. The largest absolute Gasteiger partial charge is 0.493 e. The van der Waals surface area contributed by atoms with Crippen molar-refractivity contribution in [1.29, 1.82) is 0 Å². The summed E-state index contributed by atoms with van der Waals surface area (Å²) >= 11 is 0. The lowest BCUT2D eigenvalue weighted by molar-refractivity contribution is -0.142. The molecule has 0 aliphatic heterocycles. The highest BCUT2D eigenvalue weighted by Crippen LogP contribution is 2.50. The van der Waals surface area contributed by atoms with Crippen molar-refractivity contribution in [3.8, 4) is 28.4 Å². The molecule has 4 N–H and O–H groups in total. The van der Waals surface area contributed by atoms with E-state index in [4.69, 9.17) is 14.2 Å². The predicted octanol–water partition coefficient (Wildman–Crippen LogP) is 4.63. The summed E-state index contributed by atoms with van der Waals surface area (Å²) in [7, 11) is 4.58. The number of fused-ring (bicyclic) bond motifs is 3. The molecule has 0 bridgehead atoms. The summed E-state index contributed by atoms with van der Waals surface area (Å²) in [5.74, 6) is -0.671. The van der Waals surface area contributed by atoms with Gasteiger partial charge in [0.25, 0.3) is 0 Å². The van der Waals surface area contributed by atoms with Crippen molar-refractivity contribution in [1.82, 2.24) is 10.6 Å². The number of carbonyl (C=O) groups excluding carboxylic acids is 2. The Labute approximate surface area is 268 Å². The molecule has 0 saturated heterocycles. The molecule has 11 heteroatoms. The summed E-state index contributed by atoms with van der Waals surface area (Å²) in [4.78, 5) is 51.8. The van der Waals surface area contributed by atoms with E-state index in [1.165, 1.54) is 27.2 Å². The van der Waals surface area contributed by atoms with Crippen molar-refractivity contribution in [3.05, 3.63) is 81.5 Å². The molecule has 4 rings (SSSR count). The maximum atomic E-state index is 13.8. The summed E-state index contributed by atoms with van der Waals surface area (Å²) in [6.45, 7) is 5.29. The van der Waals surface area contributed by atoms with Crippen LogP contribution in [0.1, 0.15) is 62.4 Å². The molecule has 1 aliphatic rings. The zero-order valence-electron chi connectivity index (χ0n) is 26.9. The molecule has 0 saturated carbocycles. The highest BCUT2D eigenvalue weighted by atomic mass is 16.5. The van der Waals surface area contributed by atoms with Gasteiger partial charge < -0.3 is 35.3 Å². The van der Waals surface area contributed by atoms with Crippen LogP contribution in [0, 0.1) is 5.92 Å². The van der Waals surface area contributed by atoms with Gasteiger partial charge in [-0.25, -0.2) is 4.79 Å². The minimum atomic E-state index is -1.27. The molecule has 3 aromatic rings. The van der Waals surface area contributed by atoms with Crippen molar-refractivity contribution in [3.63, 3.8) is 0 Å². The smallest absolute Gasteiger partial charge is 0.330 e. The molecular weight excluding hydrogens is 590 g/mol. The van der Waals surface area contributed by atoms with Gasteiger partial charge in [0.2, 0.25) is 23.0 Å². The van der Waals surface area contributed by atoms with Gasteiger partial charge >= 0.3 is 5.97 Å². The van der Waals surface area contributed by atoms with E-state index in [0.29, 0.717) is 58.8 Å². The molecule has 1 aliphatic carbocycles. The maximum absolute atomic E-state index is 13.8. The first kappa shape index (κ1) is 33.8. The molecule has 244 valence electrons. The van der Waals surface area contributed by atoms with E-state index in [9.17, 15) is 24.3 Å².